The first-order chi connectivity index (χ1) is 5.79. The van der Waals surface area contributed by atoms with E-state index in [9.17, 15) is 4.39 Å². The molecule has 0 amide bonds. The van der Waals surface area contributed by atoms with Gasteiger partial charge in [-0.2, -0.15) is 0 Å². The van der Waals surface area contributed by atoms with Crippen LogP contribution in [-0.4, -0.2) is 6.54 Å². The second-order valence-corrected chi connectivity index (χ2v) is 3.26. The molecule has 0 unspecified atom stereocenters. The maximum absolute atomic E-state index is 13.5. The molecular formula is C10H12FN. The molecule has 1 aliphatic heterocycles. The van der Waals surface area contributed by atoms with Crippen molar-refractivity contribution in [2.45, 2.75) is 19.9 Å². The first-order valence-electron chi connectivity index (χ1n) is 4.26. The van der Waals surface area contributed by atoms with Gasteiger partial charge in [0.2, 0.25) is 0 Å². The van der Waals surface area contributed by atoms with E-state index in [1.165, 1.54) is 0 Å². The molecule has 0 saturated carbocycles. The largest absolute Gasteiger partial charge is 0.312 e. The zero-order chi connectivity index (χ0) is 8.55. The standard InChI is InChI=1S/C10H12FN/c1-7-2-3-8-6-12-5-4-9(8)10(7)11/h2-3,12H,4-6H2,1H3. The van der Waals surface area contributed by atoms with Crippen molar-refractivity contribution in [2.24, 2.45) is 0 Å². The van der Waals surface area contributed by atoms with Crippen molar-refractivity contribution in [3.05, 3.63) is 34.6 Å². The molecule has 64 valence electrons. The van der Waals surface area contributed by atoms with Gasteiger partial charge in [-0.15, -0.1) is 0 Å². The van der Waals surface area contributed by atoms with Crippen molar-refractivity contribution in [2.75, 3.05) is 6.54 Å². The SMILES string of the molecule is Cc1ccc2c(c1F)CCNC2. The predicted molar refractivity (Wildman–Crippen MR) is 46.5 cm³/mol. The fourth-order valence-electron chi connectivity index (χ4n) is 1.65. The second-order valence-electron chi connectivity index (χ2n) is 3.26. The van der Waals surface area contributed by atoms with Crippen LogP contribution >= 0.6 is 0 Å². The van der Waals surface area contributed by atoms with Crippen LogP contribution in [-0.2, 0) is 13.0 Å². The lowest BCUT2D eigenvalue weighted by atomic mass is 9.98. The zero-order valence-corrected chi connectivity index (χ0v) is 7.15. The topological polar surface area (TPSA) is 12.0 Å². The van der Waals surface area contributed by atoms with Crippen LogP contribution in [0.2, 0.25) is 0 Å². The molecule has 1 heterocycles. The highest BCUT2D eigenvalue weighted by atomic mass is 19.1. The third-order valence-corrected chi connectivity index (χ3v) is 2.40. The van der Waals surface area contributed by atoms with E-state index in [0.29, 0.717) is 0 Å². The maximum Gasteiger partial charge on any atom is 0.129 e. The van der Waals surface area contributed by atoms with E-state index >= 15 is 0 Å². The van der Waals surface area contributed by atoms with E-state index in [-0.39, 0.29) is 5.82 Å². The van der Waals surface area contributed by atoms with E-state index in [4.69, 9.17) is 0 Å². The third kappa shape index (κ3) is 1.12. The normalized spacial score (nSPS) is 15.8. The number of benzene rings is 1. The number of nitrogens with one attached hydrogen (secondary N) is 1. The highest BCUT2D eigenvalue weighted by Crippen LogP contribution is 2.19. The quantitative estimate of drug-likeness (QED) is 0.618. The monoisotopic (exact) mass is 165 g/mol. The zero-order valence-electron chi connectivity index (χ0n) is 7.15. The lowest BCUT2D eigenvalue weighted by Gasteiger charge is -2.18. The van der Waals surface area contributed by atoms with Gasteiger partial charge in [0.25, 0.3) is 0 Å². The molecule has 0 aromatic heterocycles. The Balaban J connectivity index is 2.54. The Labute approximate surface area is 71.6 Å². The lowest BCUT2D eigenvalue weighted by Crippen LogP contribution is -2.24. The molecule has 2 heteroatoms. The average Bonchev–Trinajstić information content (AvgIpc) is 2.12. The summed E-state index contributed by atoms with van der Waals surface area (Å²) in [6.45, 7) is 3.53. The van der Waals surface area contributed by atoms with Crippen molar-refractivity contribution in [1.29, 1.82) is 0 Å². The van der Waals surface area contributed by atoms with Gasteiger partial charge in [-0.3, -0.25) is 0 Å². The highest BCUT2D eigenvalue weighted by Gasteiger charge is 2.13. The number of aryl methyl sites for hydroxylation is 1. The molecule has 1 N–H and O–H groups in total. The summed E-state index contributed by atoms with van der Waals surface area (Å²) in [6, 6.07) is 3.86. The van der Waals surface area contributed by atoms with E-state index < -0.39 is 0 Å². The second kappa shape index (κ2) is 2.87. The summed E-state index contributed by atoms with van der Waals surface area (Å²) in [6.07, 6.45) is 0.822. The Kier molecular flexibility index (Phi) is 1.85. The smallest absolute Gasteiger partial charge is 0.129 e. The predicted octanol–water partition coefficient (Wildman–Crippen LogP) is 1.78. The van der Waals surface area contributed by atoms with Gasteiger partial charge in [0, 0.05) is 6.54 Å². The van der Waals surface area contributed by atoms with Crippen LogP contribution in [0.25, 0.3) is 0 Å². The molecule has 0 radical (unpaired) electrons. The van der Waals surface area contributed by atoms with Crippen molar-refractivity contribution < 1.29 is 4.39 Å². The fraction of sp³-hybridized carbons (Fsp3) is 0.400. The van der Waals surface area contributed by atoms with Crippen LogP contribution in [0.3, 0.4) is 0 Å². The Morgan fingerprint density at radius 3 is 3.08 bits per heavy atom. The summed E-state index contributed by atoms with van der Waals surface area (Å²) < 4.78 is 13.5. The molecule has 0 saturated heterocycles. The molecule has 1 aromatic rings. The van der Waals surface area contributed by atoms with Gasteiger partial charge >= 0.3 is 0 Å². The molecule has 0 fully saturated rings. The summed E-state index contributed by atoms with van der Waals surface area (Å²) in [5.74, 6) is -0.00556. The molecule has 0 atom stereocenters. The molecule has 1 aliphatic rings. The van der Waals surface area contributed by atoms with Gasteiger partial charge in [-0.1, -0.05) is 12.1 Å². The third-order valence-electron chi connectivity index (χ3n) is 2.40. The van der Waals surface area contributed by atoms with E-state index in [1.54, 1.807) is 0 Å². The van der Waals surface area contributed by atoms with Gasteiger partial charge < -0.3 is 5.32 Å². The Hall–Kier alpha value is -0.890. The first-order valence-corrected chi connectivity index (χ1v) is 4.26. The summed E-state index contributed by atoms with van der Waals surface area (Å²) in [4.78, 5) is 0. The number of hydrogen-bond donors (Lipinski definition) is 1. The molecule has 0 aliphatic carbocycles. The minimum absolute atomic E-state index is 0.00556. The maximum atomic E-state index is 13.5. The molecule has 2 rings (SSSR count). The molecule has 0 bridgehead atoms. The van der Waals surface area contributed by atoms with E-state index in [1.807, 2.05) is 19.1 Å². The van der Waals surface area contributed by atoms with E-state index in [0.717, 1.165) is 36.2 Å². The summed E-state index contributed by atoms with van der Waals surface area (Å²) >= 11 is 0. The molecule has 1 nitrogen and oxygen atoms in total. The van der Waals surface area contributed by atoms with Crippen LogP contribution in [0.4, 0.5) is 4.39 Å². The molecule has 12 heavy (non-hydrogen) atoms. The van der Waals surface area contributed by atoms with Crippen LogP contribution in [0.15, 0.2) is 12.1 Å². The molecular weight excluding hydrogens is 153 g/mol. The van der Waals surface area contributed by atoms with Crippen LogP contribution in [0.1, 0.15) is 16.7 Å². The number of fused-ring (bicyclic) bond motifs is 1. The van der Waals surface area contributed by atoms with Crippen molar-refractivity contribution in [1.82, 2.24) is 5.32 Å². The van der Waals surface area contributed by atoms with Gasteiger partial charge in [-0.25, -0.2) is 4.39 Å². The van der Waals surface area contributed by atoms with E-state index in [2.05, 4.69) is 5.32 Å². The summed E-state index contributed by atoms with van der Waals surface area (Å²) in [7, 11) is 0. The number of hydrogen-bond acceptors (Lipinski definition) is 1. The number of halogens is 1. The Morgan fingerprint density at radius 2 is 2.25 bits per heavy atom. The van der Waals surface area contributed by atoms with Crippen LogP contribution in [0, 0.1) is 12.7 Å². The minimum Gasteiger partial charge on any atom is -0.312 e. The van der Waals surface area contributed by atoms with Crippen LogP contribution in [0.5, 0.6) is 0 Å². The fourth-order valence-corrected chi connectivity index (χ4v) is 1.65. The lowest BCUT2D eigenvalue weighted by molar-refractivity contribution is 0.563. The number of rotatable bonds is 0. The van der Waals surface area contributed by atoms with Gasteiger partial charge in [0.15, 0.2) is 0 Å². The van der Waals surface area contributed by atoms with Crippen molar-refractivity contribution in [3.63, 3.8) is 0 Å². The van der Waals surface area contributed by atoms with Gasteiger partial charge in [0.05, 0.1) is 0 Å². The first kappa shape index (κ1) is 7.74. The highest BCUT2D eigenvalue weighted by molar-refractivity contribution is 5.34. The summed E-state index contributed by atoms with van der Waals surface area (Å²) in [5.41, 5.74) is 2.79. The Bertz CT molecular complexity index is 307. The van der Waals surface area contributed by atoms with Gasteiger partial charge in [0.1, 0.15) is 5.82 Å². The van der Waals surface area contributed by atoms with Crippen LogP contribution < -0.4 is 5.32 Å². The Morgan fingerprint density at radius 1 is 1.42 bits per heavy atom. The van der Waals surface area contributed by atoms with Crippen molar-refractivity contribution >= 4 is 0 Å². The van der Waals surface area contributed by atoms with Gasteiger partial charge in [-0.05, 0) is 36.6 Å². The minimum atomic E-state index is -0.00556. The molecule has 0 spiro atoms. The summed E-state index contributed by atoms with van der Waals surface area (Å²) in [5, 5.41) is 3.22. The average molecular weight is 165 g/mol. The molecule has 1 aromatic carbocycles. The van der Waals surface area contributed by atoms with Crippen molar-refractivity contribution in [3.8, 4) is 0 Å².